The van der Waals surface area contributed by atoms with Gasteiger partial charge in [-0.25, -0.2) is 9.97 Å². The van der Waals surface area contributed by atoms with Gasteiger partial charge in [-0.05, 0) is 43.4 Å². The van der Waals surface area contributed by atoms with Gasteiger partial charge in [-0.3, -0.25) is 4.79 Å². The average molecular weight is 470 g/mol. The van der Waals surface area contributed by atoms with Gasteiger partial charge in [0.25, 0.3) is 5.91 Å². The van der Waals surface area contributed by atoms with Gasteiger partial charge < -0.3 is 19.9 Å². The summed E-state index contributed by atoms with van der Waals surface area (Å²) >= 11 is 3.16. The molecule has 1 unspecified atom stereocenters. The van der Waals surface area contributed by atoms with Crippen LogP contribution in [0.15, 0.2) is 53.1 Å². The Bertz CT molecular complexity index is 1060. The number of carbonyl (C=O) groups excluding carboxylic acids is 1. The van der Waals surface area contributed by atoms with E-state index in [9.17, 15) is 4.79 Å². The van der Waals surface area contributed by atoms with Gasteiger partial charge in [0.05, 0.1) is 0 Å². The van der Waals surface area contributed by atoms with Crippen LogP contribution in [0, 0.1) is 0 Å². The highest BCUT2D eigenvalue weighted by Gasteiger charge is 2.28. The number of thiophene rings is 1. The average Bonchev–Trinajstić information content (AvgIpc) is 3.32. The molecule has 0 bridgehead atoms. The molecule has 3 heterocycles. The second-order valence-electron chi connectivity index (χ2n) is 7.48. The highest BCUT2D eigenvalue weighted by atomic mass is 32.2. The molecule has 1 N–H and O–H groups in total. The fourth-order valence-electron chi connectivity index (χ4n) is 3.64. The van der Waals surface area contributed by atoms with Crippen molar-refractivity contribution in [1.82, 2.24) is 15.3 Å². The number of hydrogen-bond acceptors (Lipinski definition) is 8. The van der Waals surface area contributed by atoms with Gasteiger partial charge in [0.1, 0.15) is 23.2 Å². The van der Waals surface area contributed by atoms with Crippen LogP contribution in [-0.4, -0.2) is 55.9 Å². The van der Waals surface area contributed by atoms with E-state index in [2.05, 4.69) is 26.7 Å². The molecule has 1 aromatic carbocycles. The zero-order chi connectivity index (χ0) is 22.5. The predicted octanol–water partition coefficient (Wildman–Crippen LogP) is 4.09. The maximum atomic E-state index is 13.4. The van der Waals surface area contributed by atoms with Gasteiger partial charge in [-0.2, -0.15) is 0 Å². The summed E-state index contributed by atoms with van der Waals surface area (Å²) in [6, 6.07) is 11.9. The number of hydrogen-bond donors (Lipinski definition) is 1. The van der Waals surface area contributed by atoms with Gasteiger partial charge >= 0.3 is 0 Å². The van der Waals surface area contributed by atoms with Crippen molar-refractivity contribution in [3.63, 3.8) is 0 Å². The lowest BCUT2D eigenvalue weighted by Gasteiger charge is -2.23. The molecular weight excluding hydrogens is 442 g/mol. The zero-order valence-corrected chi connectivity index (χ0v) is 20.1. The molecule has 3 aromatic rings. The van der Waals surface area contributed by atoms with Crippen LogP contribution in [0.25, 0.3) is 0 Å². The van der Waals surface area contributed by atoms with Crippen LogP contribution in [-0.2, 0) is 0 Å². The number of ether oxygens (including phenoxy) is 1. The van der Waals surface area contributed by atoms with Crippen molar-refractivity contribution >= 4 is 40.5 Å². The second-order valence-corrected chi connectivity index (χ2v) is 9.24. The molecule has 1 aliphatic heterocycles. The molecular formula is C23H27N5O2S2. The smallest absolute Gasteiger partial charge is 0.263 e. The molecule has 0 saturated carbocycles. The van der Waals surface area contributed by atoms with E-state index < -0.39 is 0 Å². The van der Waals surface area contributed by atoms with Crippen molar-refractivity contribution in [2.24, 2.45) is 0 Å². The number of carbonyl (C=O) groups is 1. The molecule has 4 rings (SSSR count). The van der Waals surface area contributed by atoms with E-state index in [0.717, 1.165) is 24.4 Å². The molecule has 0 fully saturated rings. The third-order valence-electron chi connectivity index (χ3n) is 5.35. The highest BCUT2D eigenvalue weighted by Crippen LogP contribution is 2.32. The number of amides is 1. The van der Waals surface area contributed by atoms with E-state index in [1.807, 2.05) is 55.6 Å². The van der Waals surface area contributed by atoms with Crippen LogP contribution in [0.3, 0.4) is 0 Å². The zero-order valence-electron chi connectivity index (χ0n) is 18.4. The monoisotopic (exact) mass is 469 g/mol. The number of aromatic nitrogens is 2. The van der Waals surface area contributed by atoms with Crippen LogP contribution in [0.4, 0.5) is 11.5 Å². The number of fused-ring (bicyclic) bond motifs is 1. The molecule has 32 heavy (non-hydrogen) atoms. The van der Waals surface area contributed by atoms with Gasteiger partial charge in [-0.1, -0.05) is 23.9 Å². The van der Waals surface area contributed by atoms with Crippen LogP contribution >= 0.6 is 23.1 Å². The number of nitrogens with one attached hydrogen (secondary N) is 1. The maximum Gasteiger partial charge on any atom is 0.263 e. The third kappa shape index (κ3) is 4.90. The van der Waals surface area contributed by atoms with Gasteiger partial charge in [0.2, 0.25) is 0 Å². The number of rotatable bonds is 8. The summed E-state index contributed by atoms with van der Waals surface area (Å²) in [5, 5.41) is 5.92. The summed E-state index contributed by atoms with van der Waals surface area (Å²) in [5.41, 5.74) is 1.32. The van der Waals surface area contributed by atoms with Crippen molar-refractivity contribution in [2.45, 2.75) is 17.7 Å². The first-order valence-corrected chi connectivity index (χ1v) is 12.6. The molecule has 0 spiro atoms. The first kappa shape index (κ1) is 22.6. The Hall–Kier alpha value is -2.62. The van der Waals surface area contributed by atoms with Crippen molar-refractivity contribution in [2.75, 3.05) is 49.8 Å². The molecule has 168 valence electrons. The first-order chi connectivity index (χ1) is 15.6. The van der Waals surface area contributed by atoms with E-state index in [0.29, 0.717) is 29.6 Å². The topological polar surface area (TPSA) is 70.6 Å². The summed E-state index contributed by atoms with van der Waals surface area (Å²) in [7, 11) is 3.90. The standard InChI is InChI=1S/C23H27N5O2S2/c1-24-10-9-19(20-8-5-13-32-20)30-17-7-4-6-16(14-17)28-12-11-27(2)21-18(22(28)29)15-25-23(26-21)31-3/h4-8,13-15,19,24H,9-12H2,1-3H3. The molecule has 0 aliphatic carbocycles. The lowest BCUT2D eigenvalue weighted by molar-refractivity contribution is 0.0989. The molecule has 9 heteroatoms. The van der Waals surface area contributed by atoms with Crippen molar-refractivity contribution < 1.29 is 9.53 Å². The Balaban J connectivity index is 1.60. The lowest BCUT2D eigenvalue weighted by Crippen LogP contribution is -2.33. The van der Waals surface area contributed by atoms with Crippen LogP contribution < -0.4 is 19.9 Å². The maximum absolute atomic E-state index is 13.4. The number of nitrogens with zero attached hydrogens (tertiary/aromatic N) is 4. The summed E-state index contributed by atoms with van der Waals surface area (Å²) in [4.78, 5) is 27.3. The molecule has 0 saturated heterocycles. The summed E-state index contributed by atoms with van der Waals surface area (Å²) in [6.07, 6.45) is 4.38. The number of benzene rings is 1. The second kappa shape index (κ2) is 10.3. The highest BCUT2D eigenvalue weighted by molar-refractivity contribution is 7.98. The summed E-state index contributed by atoms with van der Waals surface area (Å²) < 4.78 is 6.37. The molecule has 1 aliphatic rings. The summed E-state index contributed by atoms with van der Waals surface area (Å²) in [5.74, 6) is 1.32. The van der Waals surface area contributed by atoms with E-state index in [1.54, 1.807) is 22.4 Å². The SMILES string of the molecule is CNCCC(Oc1cccc(N2CCN(C)c3nc(SC)ncc3C2=O)c1)c1cccs1. The van der Waals surface area contributed by atoms with Crippen LogP contribution in [0.5, 0.6) is 5.75 Å². The lowest BCUT2D eigenvalue weighted by atomic mass is 10.2. The Kier molecular flexibility index (Phi) is 7.29. The fourth-order valence-corrected chi connectivity index (χ4v) is 4.77. The fraction of sp³-hybridized carbons (Fsp3) is 0.348. The minimum Gasteiger partial charge on any atom is -0.485 e. The molecule has 1 atom stereocenters. The predicted molar refractivity (Wildman–Crippen MR) is 131 cm³/mol. The Morgan fingerprint density at radius 1 is 1.28 bits per heavy atom. The van der Waals surface area contributed by atoms with Crippen molar-refractivity contribution in [1.29, 1.82) is 0 Å². The normalized spacial score (nSPS) is 14.8. The Labute approximate surface area is 196 Å². The van der Waals surface area contributed by atoms with E-state index in [1.165, 1.54) is 16.6 Å². The van der Waals surface area contributed by atoms with Crippen molar-refractivity contribution in [3.05, 3.63) is 58.4 Å². The van der Waals surface area contributed by atoms with E-state index in [-0.39, 0.29) is 12.0 Å². The largest absolute Gasteiger partial charge is 0.485 e. The Morgan fingerprint density at radius 3 is 2.91 bits per heavy atom. The van der Waals surface area contributed by atoms with E-state index in [4.69, 9.17) is 4.74 Å². The molecule has 1 amide bonds. The molecule has 0 radical (unpaired) electrons. The molecule has 7 nitrogen and oxygen atoms in total. The number of anilines is 2. The minimum atomic E-state index is -0.0980. The molecule has 2 aromatic heterocycles. The third-order valence-corrected chi connectivity index (χ3v) is 6.88. The minimum absolute atomic E-state index is 0.0391. The van der Waals surface area contributed by atoms with Crippen molar-refractivity contribution in [3.8, 4) is 5.75 Å². The van der Waals surface area contributed by atoms with Gasteiger partial charge in [-0.15, -0.1) is 11.3 Å². The summed E-state index contributed by atoms with van der Waals surface area (Å²) in [6.45, 7) is 2.08. The first-order valence-electron chi connectivity index (χ1n) is 10.5. The van der Waals surface area contributed by atoms with Crippen LogP contribution in [0.1, 0.15) is 27.8 Å². The number of likely N-dealkylation sites (N-methyl/N-ethyl adjacent to an activating group) is 1. The number of thioether (sulfide) groups is 1. The van der Waals surface area contributed by atoms with Gasteiger partial charge in [0.15, 0.2) is 5.16 Å². The quantitative estimate of drug-likeness (QED) is 0.394. The van der Waals surface area contributed by atoms with Crippen LogP contribution in [0.2, 0.25) is 0 Å². The van der Waals surface area contributed by atoms with Gasteiger partial charge in [0, 0.05) is 49.4 Å². The van der Waals surface area contributed by atoms with E-state index >= 15 is 0 Å². The Morgan fingerprint density at radius 2 is 2.16 bits per heavy atom.